The molecule has 25 heavy (non-hydrogen) atoms. The average Bonchev–Trinajstić information content (AvgIpc) is 2.67. The molecule has 0 amide bonds. The van der Waals surface area contributed by atoms with E-state index >= 15 is 0 Å². The van der Waals surface area contributed by atoms with Gasteiger partial charge in [0.05, 0.1) is 20.3 Å². The zero-order chi connectivity index (χ0) is 17.3. The highest BCUT2D eigenvalue weighted by Gasteiger charge is 2.14. The molecule has 2 aliphatic rings. The van der Waals surface area contributed by atoms with E-state index in [2.05, 4.69) is 34.5 Å². The highest BCUT2D eigenvalue weighted by atomic mass is 16.5. The zero-order valence-corrected chi connectivity index (χ0v) is 15.6. The summed E-state index contributed by atoms with van der Waals surface area (Å²) in [7, 11) is 1.76. The van der Waals surface area contributed by atoms with Crippen molar-refractivity contribution < 1.29 is 9.47 Å². The molecule has 0 radical (unpaired) electrons. The van der Waals surface area contributed by atoms with Crippen LogP contribution in [0.5, 0.6) is 5.75 Å². The van der Waals surface area contributed by atoms with Gasteiger partial charge >= 0.3 is 0 Å². The van der Waals surface area contributed by atoms with Crippen molar-refractivity contribution in [3.05, 3.63) is 41.0 Å². The van der Waals surface area contributed by atoms with Gasteiger partial charge in [0, 0.05) is 31.7 Å². The Balaban J connectivity index is 1.50. The lowest BCUT2D eigenvalue weighted by Crippen LogP contribution is -2.35. The molecule has 3 rings (SSSR count). The molecule has 1 aliphatic heterocycles. The Morgan fingerprint density at radius 1 is 1.20 bits per heavy atom. The molecule has 0 spiro atoms. The molecule has 0 atom stereocenters. The third kappa shape index (κ3) is 5.84. The molecular weight excluding hydrogens is 312 g/mol. The largest absolute Gasteiger partial charge is 0.496 e. The predicted molar refractivity (Wildman–Crippen MR) is 102 cm³/mol. The summed E-state index contributed by atoms with van der Waals surface area (Å²) in [5, 5.41) is 3.60. The van der Waals surface area contributed by atoms with Gasteiger partial charge in [0.25, 0.3) is 0 Å². The van der Waals surface area contributed by atoms with E-state index in [1.165, 1.54) is 43.2 Å². The van der Waals surface area contributed by atoms with Gasteiger partial charge in [-0.2, -0.15) is 0 Å². The second-order valence-corrected chi connectivity index (χ2v) is 7.07. The first-order chi connectivity index (χ1) is 12.3. The highest BCUT2D eigenvalue weighted by Crippen LogP contribution is 2.22. The van der Waals surface area contributed by atoms with Gasteiger partial charge in [-0.25, -0.2) is 0 Å². The van der Waals surface area contributed by atoms with Crippen LogP contribution in [0, 0.1) is 0 Å². The van der Waals surface area contributed by atoms with Gasteiger partial charge in [-0.05, 0) is 56.3 Å². The lowest BCUT2D eigenvalue weighted by molar-refractivity contribution is 0.0339. The Morgan fingerprint density at radius 2 is 2.08 bits per heavy atom. The maximum atomic E-state index is 5.56. The molecule has 138 valence electrons. The van der Waals surface area contributed by atoms with Crippen LogP contribution in [0.1, 0.15) is 43.2 Å². The van der Waals surface area contributed by atoms with Crippen LogP contribution in [0.25, 0.3) is 0 Å². The first-order valence-electron chi connectivity index (χ1n) is 9.69. The van der Waals surface area contributed by atoms with Crippen molar-refractivity contribution in [3.8, 4) is 5.75 Å². The number of hydrogen-bond donors (Lipinski definition) is 1. The minimum Gasteiger partial charge on any atom is -0.496 e. The number of ether oxygens (including phenoxy) is 2. The van der Waals surface area contributed by atoms with Crippen molar-refractivity contribution in [1.82, 2.24) is 10.2 Å². The van der Waals surface area contributed by atoms with Crippen molar-refractivity contribution in [2.45, 2.75) is 45.2 Å². The van der Waals surface area contributed by atoms with Crippen LogP contribution in [-0.4, -0.2) is 44.9 Å². The zero-order valence-electron chi connectivity index (χ0n) is 15.6. The molecule has 1 N–H and O–H groups in total. The normalized spacial score (nSPS) is 18.8. The molecule has 1 saturated heterocycles. The number of nitrogens with zero attached hydrogens (tertiary/aromatic N) is 1. The van der Waals surface area contributed by atoms with E-state index in [-0.39, 0.29) is 0 Å². The van der Waals surface area contributed by atoms with E-state index in [9.17, 15) is 0 Å². The molecule has 1 aromatic carbocycles. The van der Waals surface area contributed by atoms with Crippen LogP contribution < -0.4 is 10.1 Å². The van der Waals surface area contributed by atoms with Gasteiger partial charge in [0.2, 0.25) is 0 Å². The van der Waals surface area contributed by atoms with E-state index in [1.807, 2.05) is 0 Å². The van der Waals surface area contributed by atoms with E-state index in [0.717, 1.165) is 51.7 Å². The van der Waals surface area contributed by atoms with Gasteiger partial charge in [0.1, 0.15) is 5.75 Å². The Bertz CT molecular complexity index is 565. The van der Waals surface area contributed by atoms with Crippen molar-refractivity contribution in [1.29, 1.82) is 0 Å². The van der Waals surface area contributed by atoms with Crippen molar-refractivity contribution in [3.63, 3.8) is 0 Å². The molecule has 0 saturated carbocycles. The van der Waals surface area contributed by atoms with Gasteiger partial charge in [-0.1, -0.05) is 17.7 Å². The molecule has 1 fully saturated rings. The van der Waals surface area contributed by atoms with Crippen LogP contribution >= 0.6 is 0 Å². The van der Waals surface area contributed by atoms with E-state index in [4.69, 9.17) is 9.47 Å². The fourth-order valence-electron chi connectivity index (χ4n) is 3.68. The Kier molecular flexibility index (Phi) is 7.34. The number of benzene rings is 1. The maximum Gasteiger partial charge on any atom is 0.123 e. The van der Waals surface area contributed by atoms with Gasteiger partial charge < -0.3 is 14.8 Å². The molecule has 4 nitrogen and oxygen atoms in total. The smallest absolute Gasteiger partial charge is 0.123 e. The van der Waals surface area contributed by atoms with Gasteiger partial charge in [0.15, 0.2) is 0 Å². The van der Waals surface area contributed by atoms with Gasteiger partial charge in [-0.3, -0.25) is 4.90 Å². The van der Waals surface area contributed by atoms with Crippen molar-refractivity contribution in [2.24, 2.45) is 0 Å². The molecule has 0 bridgehead atoms. The van der Waals surface area contributed by atoms with Gasteiger partial charge in [-0.15, -0.1) is 0 Å². The Morgan fingerprint density at radius 3 is 2.84 bits per heavy atom. The number of allylic oxidation sites excluding steroid dienone is 1. The van der Waals surface area contributed by atoms with Crippen LogP contribution in [0.4, 0.5) is 0 Å². The predicted octanol–water partition coefficient (Wildman–Crippen LogP) is 3.51. The lowest BCUT2D eigenvalue weighted by Gasteiger charge is -2.27. The summed E-state index contributed by atoms with van der Waals surface area (Å²) in [4.78, 5) is 2.44. The molecular formula is C21H32N2O2. The van der Waals surface area contributed by atoms with Crippen molar-refractivity contribution in [2.75, 3.05) is 40.0 Å². The minimum absolute atomic E-state index is 0.833. The molecule has 1 heterocycles. The first-order valence-corrected chi connectivity index (χ1v) is 9.69. The fraction of sp³-hybridized carbons (Fsp3) is 0.619. The SMILES string of the molecule is COc1ccc(CNCCC2=CCCCC2)cc1CN1CCOCC1. The van der Waals surface area contributed by atoms with Crippen LogP contribution in [0.15, 0.2) is 29.8 Å². The summed E-state index contributed by atoms with van der Waals surface area (Å²) in [5.41, 5.74) is 4.25. The van der Waals surface area contributed by atoms with Crippen LogP contribution in [0.3, 0.4) is 0 Å². The third-order valence-electron chi connectivity index (χ3n) is 5.18. The Labute approximate surface area is 152 Å². The molecule has 0 unspecified atom stereocenters. The summed E-state index contributed by atoms with van der Waals surface area (Å²) in [6, 6.07) is 6.58. The molecule has 0 aromatic heterocycles. The van der Waals surface area contributed by atoms with Crippen LogP contribution in [-0.2, 0) is 17.8 Å². The van der Waals surface area contributed by atoms with Crippen molar-refractivity contribution >= 4 is 0 Å². The summed E-state index contributed by atoms with van der Waals surface area (Å²) >= 11 is 0. The Hall–Kier alpha value is -1.36. The number of nitrogens with one attached hydrogen (secondary N) is 1. The highest BCUT2D eigenvalue weighted by molar-refractivity contribution is 5.37. The number of hydrogen-bond acceptors (Lipinski definition) is 4. The molecule has 4 heteroatoms. The molecule has 1 aromatic rings. The number of methoxy groups -OCH3 is 1. The third-order valence-corrected chi connectivity index (χ3v) is 5.18. The topological polar surface area (TPSA) is 33.7 Å². The maximum absolute atomic E-state index is 5.56. The average molecular weight is 344 g/mol. The number of morpholine rings is 1. The fourth-order valence-corrected chi connectivity index (χ4v) is 3.68. The summed E-state index contributed by atoms with van der Waals surface area (Å²) in [6.07, 6.45) is 8.95. The molecule has 1 aliphatic carbocycles. The monoisotopic (exact) mass is 344 g/mol. The summed E-state index contributed by atoms with van der Waals surface area (Å²) in [6.45, 7) is 6.59. The quantitative estimate of drug-likeness (QED) is 0.578. The summed E-state index contributed by atoms with van der Waals surface area (Å²) in [5.74, 6) is 0.989. The standard InChI is InChI=1S/C21H32N2O2/c1-24-21-8-7-19(15-20(21)17-23-11-13-25-14-12-23)16-22-10-9-18-5-3-2-4-6-18/h5,7-8,15,22H,2-4,6,9-14,16-17H2,1H3. The summed E-state index contributed by atoms with van der Waals surface area (Å²) < 4.78 is 11.0. The lowest BCUT2D eigenvalue weighted by atomic mass is 9.97. The van der Waals surface area contributed by atoms with E-state index < -0.39 is 0 Å². The van der Waals surface area contributed by atoms with E-state index in [0.29, 0.717) is 0 Å². The minimum atomic E-state index is 0.833. The van der Waals surface area contributed by atoms with E-state index in [1.54, 1.807) is 12.7 Å². The first kappa shape index (κ1) is 18.4. The number of rotatable bonds is 8. The second-order valence-electron chi connectivity index (χ2n) is 7.07. The van der Waals surface area contributed by atoms with Crippen LogP contribution in [0.2, 0.25) is 0 Å². The second kappa shape index (κ2) is 9.95.